The number of benzene rings is 2. The van der Waals surface area contributed by atoms with Gasteiger partial charge in [0, 0.05) is 17.3 Å². The number of rotatable bonds is 4. The highest BCUT2D eigenvalue weighted by Crippen LogP contribution is 2.39. The van der Waals surface area contributed by atoms with E-state index in [1.165, 1.54) is 12.1 Å². The quantitative estimate of drug-likeness (QED) is 0.762. The van der Waals surface area contributed by atoms with Crippen molar-refractivity contribution in [2.45, 2.75) is 31.8 Å². The van der Waals surface area contributed by atoms with Crippen LogP contribution in [0.25, 0.3) is 11.3 Å². The van der Waals surface area contributed by atoms with Crippen molar-refractivity contribution < 1.29 is 13.6 Å². The van der Waals surface area contributed by atoms with E-state index >= 15 is 0 Å². The second-order valence-corrected chi connectivity index (χ2v) is 6.85. The summed E-state index contributed by atoms with van der Waals surface area (Å²) in [7, 11) is 0. The Bertz CT molecular complexity index is 968. The zero-order chi connectivity index (χ0) is 19.0. The van der Waals surface area contributed by atoms with Crippen LogP contribution in [0.5, 0.6) is 0 Å². The van der Waals surface area contributed by atoms with Gasteiger partial charge in [-0.1, -0.05) is 18.2 Å². The van der Waals surface area contributed by atoms with Crippen molar-refractivity contribution in [3.05, 3.63) is 72.0 Å². The number of para-hydroxylation sites is 1. The number of hydrogen-bond acceptors (Lipinski definition) is 4. The Morgan fingerprint density at radius 2 is 2.00 bits per heavy atom. The predicted octanol–water partition coefficient (Wildman–Crippen LogP) is 3.85. The van der Waals surface area contributed by atoms with Gasteiger partial charge in [-0.25, -0.2) is 9.37 Å². The van der Waals surface area contributed by atoms with Crippen LogP contribution < -0.4 is 10.6 Å². The number of fused-ring (bicyclic) bond motifs is 1. The summed E-state index contributed by atoms with van der Waals surface area (Å²) < 4.78 is 19.0. The van der Waals surface area contributed by atoms with Gasteiger partial charge in [-0.2, -0.15) is 0 Å². The molecule has 4 rings (SSSR count). The van der Waals surface area contributed by atoms with Crippen LogP contribution in [0.1, 0.15) is 30.7 Å². The summed E-state index contributed by atoms with van der Waals surface area (Å²) in [5.74, 6) is 0.281. The fraction of sp³-hybridized carbons (Fsp3) is 0.238. The predicted molar refractivity (Wildman–Crippen MR) is 101 cm³/mol. The summed E-state index contributed by atoms with van der Waals surface area (Å²) in [6.07, 6.45) is 2.30. The Hall–Kier alpha value is -3.15. The molecule has 0 saturated carbocycles. The number of amides is 1. The van der Waals surface area contributed by atoms with Crippen molar-refractivity contribution in [1.29, 1.82) is 0 Å². The van der Waals surface area contributed by atoms with E-state index in [4.69, 9.17) is 10.2 Å². The van der Waals surface area contributed by atoms with Gasteiger partial charge in [0.15, 0.2) is 5.76 Å². The summed E-state index contributed by atoms with van der Waals surface area (Å²) in [6.45, 7) is 2.54. The highest BCUT2D eigenvalue weighted by molar-refractivity contribution is 5.85. The molecule has 5 nitrogen and oxygen atoms in total. The first-order valence-electron chi connectivity index (χ1n) is 8.88. The van der Waals surface area contributed by atoms with Crippen molar-refractivity contribution in [2.24, 2.45) is 5.73 Å². The number of hydrogen-bond donors (Lipinski definition) is 1. The molecule has 0 fully saturated rings. The number of anilines is 1. The largest absolute Gasteiger partial charge is 0.439 e. The van der Waals surface area contributed by atoms with Gasteiger partial charge in [0.2, 0.25) is 11.8 Å². The number of halogens is 1. The lowest BCUT2D eigenvalue weighted by molar-refractivity contribution is -0.119. The normalized spacial score (nSPS) is 19.0. The van der Waals surface area contributed by atoms with Gasteiger partial charge < -0.3 is 15.1 Å². The summed E-state index contributed by atoms with van der Waals surface area (Å²) in [5.41, 5.74) is 8.29. The number of primary amides is 1. The lowest BCUT2D eigenvalue weighted by Gasteiger charge is -2.39. The Labute approximate surface area is 156 Å². The monoisotopic (exact) mass is 365 g/mol. The van der Waals surface area contributed by atoms with E-state index < -0.39 is 0 Å². The number of nitrogens with zero attached hydrogens (tertiary/aromatic N) is 2. The number of oxazole rings is 1. The topological polar surface area (TPSA) is 72.4 Å². The van der Waals surface area contributed by atoms with Gasteiger partial charge in [0.25, 0.3) is 0 Å². The van der Waals surface area contributed by atoms with Crippen LogP contribution >= 0.6 is 0 Å². The van der Waals surface area contributed by atoms with E-state index in [0.29, 0.717) is 24.6 Å². The zero-order valence-electron chi connectivity index (χ0n) is 14.9. The third-order valence-electron chi connectivity index (χ3n) is 5.06. The molecule has 0 radical (unpaired) electrons. The molecular weight excluding hydrogens is 345 g/mol. The molecule has 2 N–H and O–H groups in total. The minimum absolute atomic E-state index is 0.110. The molecule has 27 heavy (non-hydrogen) atoms. The molecule has 1 aliphatic rings. The highest BCUT2D eigenvalue weighted by atomic mass is 19.1. The van der Waals surface area contributed by atoms with Gasteiger partial charge >= 0.3 is 0 Å². The van der Waals surface area contributed by atoms with Crippen LogP contribution in [-0.4, -0.2) is 16.9 Å². The van der Waals surface area contributed by atoms with Crippen LogP contribution in [0, 0.1) is 5.82 Å². The fourth-order valence-corrected chi connectivity index (χ4v) is 3.66. The molecule has 3 aromatic rings. The number of carbonyl (C=O) groups excluding carboxylic acids is 1. The Morgan fingerprint density at radius 3 is 2.74 bits per heavy atom. The molecule has 1 aromatic heterocycles. The second-order valence-electron chi connectivity index (χ2n) is 6.85. The molecule has 2 aromatic carbocycles. The maximum absolute atomic E-state index is 13.1. The number of aromatic nitrogens is 1. The minimum atomic E-state index is -0.302. The molecule has 0 saturated heterocycles. The van der Waals surface area contributed by atoms with Gasteiger partial charge in [0.1, 0.15) is 5.82 Å². The molecular formula is C21H20FN3O2. The second kappa shape index (κ2) is 6.87. The third kappa shape index (κ3) is 3.30. The van der Waals surface area contributed by atoms with Crippen LogP contribution in [0.4, 0.5) is 10.1 Å². The SMILES string of the molecule is C[C@H]1C[C@H](C(N)=O)c2ccccc2N1Cc1ncc(-c2ccc(F)cc2)o1. The molecule has 138 valence electrons. The fourth-order valence-electron chi connectivity index (χ4n) is 3.66. The number of nitrogens with two attached hydrogens (primary N) is 1. The van der Waals surface area contributed by atoms with Crippen molar-refractivity contribution in [3.63, 3.8) is 0 Å². The summed E-state index contributed by atoms with van der Waals surface area (Å²) >= 11 is 0. The lowest BCUT2D eigenvalue weighted by Crippen LogP contribution is -2.41. The molecule has 6 heteroatoms. The summed E-state index contributed by atoms with van der Waals surface area (Å²) in [6, 6.07) is 14.0. The van der Waals surface area contributed by atoms with E-state index in [1.54, 1.807) is 18.3 Å². The van der Waals surface area contributed by atoms with E-state index in [0.717, 1.165) is 16.8 Å². The van der Waals surface area contributed by atoms with E-state index in [1.807, 2.05) is 24.3 Å². The van der Waals surface area contributed by atoms with Crippen LogP contribution in [-0.2, 0) is 11.3 Å². The van der Waals surface area contributed by atoms with E-state index in [-0.39, 0.29) is 23.7 Å². The number of carbonyl (C=O) groups is 1. The Balaban J connectivity index is 1.62. The molecule has 1 aliphatic heterocycles. The van der Waals surface area contributed by atoms with Crippen LogP contribution in [0.15, 0.2) is 59.1 Å². The van der Waals surface area contributed by atoms with Gasteiger partial charge in [0.05, 0.1) is 18.7 Å². The van der Waals surface area contributed by atoms with Crippen molar-refractivity contribution in [1.82, 2.24) is 4.98 Å². The van der Waals surface area contributed by atoms with Crippen molar-refractivity contribution >= 4 is 11.6 Å². The maximum Gasteiger partial charge on any atom is 0.225 e. The first-order valence-corrected chi connectivity index (χ1v) is 8.88. The highest BCUT2D eigenvalue weighted by Gasteiger charge is 2.33. The Morgan fingerprint density at radius 1 is 1.26 bits per heavy atom. The third-order valence-corrected chi connectivity index (χ3v) is 5.06. The first kappa shape index (κ1) is 17.3. The average Bonchev–Trinajstić information content (AvgIpc) is 3.13. The molecule has 1 amide bonds. The van der Waals surface area contributed by atoms with Gasteiger partial charge in [-0.15, -0.1) is 0 Å². The summed E-state index contributed by atoms with van der Waals surface area (Å²) in [4.78, 5) is 18.4. The van der Waals surface area contributed by atoms with Crippen LogP contribution in [0.2, 0.25) is 0 Å². The Kier molecular flexibility index (Phi) is 4.39. The summed E-state index contributed by atoms with van der Waals surface area (Å²) in [5, 5.41) is 0. The minimum Gasteiger partial charge on any atom is -0.439 e. The molecule has 0 aliphatic carbocycles. The van der Waals surface area contributed by atoms with Crippen LogP contribution in [0.3, 0.4) is 0 Å². The molecule has 0 unspecified atom stereocenters. The smallest absolute Gasteiger partial charge is 0.225 e. The van der Waals surface area contributed by atoms with E-state index in [9.17, 15) is 9.18 Å². The molecule has 2 atom stereocenters. The standard InChI is InChI=1S/C21H20FN3O2/c1-13-10-17(21(23)26)16-4-2-3-5-18(16)25(13)12-20-24-11-19(27-20)14-6-8-15(22)9-7-14/h2-9,11,13,17H,10,12H2,1H3,(H2,23,26)/t13-,17-/m0/s1. The molecule has 2 heterocycles. The molecule has 0 bridgehead atoms. The maximum atomic E-state index is 13.1. The zero-order valence-corrected chi connectivity index (χ0v) is 14.9. The average molecular weight is 365 g/mol. The van der Waals surface area contributed by atoms with Gasteiger partial charge in [-0.3, -0.25) is 4.79 Å². The van der Waals surface area contributed by atoms with Crippen molar-refractivity contribution in [2.75, 3.05) is 4.90 Å². The van der Waals surface area contributed by atoms with Gasteiger partial charge in [-0.05, 0) is 49.2 Å². The van der Waals surface area contributed by atoms with Crippen molar-refractivity contribution in [3.8, 4) is 11.3 Å². The first-order chi connectivity index (χ1) is 13.0. The van der Waals surface area contributed by atoms with E-state index in [2.05, 4.69) is 16.8 Å². The molecule has 0 spiro atoms. The lowest BCUT2D eigenvalue weighted by atomic mass is 9.85.